The van der Waals surface area contributed by atoms with E-state index in [1.54, 1.807) is 0 Å². The smallest absolute Gasteiger partial charge is 0.339 e. The molecule has 0 aromatic carbocycles. The average molecular weight is 247 g/mol. The highest BCUT2D eigenvalue weighted by atomic mass is 79.9. The highest BCUT2D eigenvalue weighted by Crippen LogP contribution is 2.06. The van der Waals surface area contributed by atoms with Gasteiger partial charge in [0.05, 0.1) is 17.1 Å². The molecule has 0 radical (unpaired) electrons. The van der Waals surface area contributed by atoms with E-state index in [-0.39, 0.29) is 10.0 Å². The van der Waals surface area contributed by atoms with E-state index in [2.05, 4.69) is 20.7 Å². The summed E-state index contributed by atoms with van der Waals surface area (Å²) in [6.45, 7) is 0. The zero-order valence-corrected chi connectivity index (χ0v) is 8.37. The Kier molecular flexibility index (Phi) is 2.72. The van der Waals surface area contributed by atoms with Crippen LogP contribution in [0.25, 0.3) is 0 Å². The van der Waals surface area contributed by atoms with Crippen LogP contribution in [-0.2, 0) is 4.74 Å². The molecule has 2 N–H and O–H groups in total. The van der Waals surface area contributed by atoms with Crippen LogP contribution in [0.5, 0.6) is 0 Å². The van der Waals surface area contributed by atoms with Gasteiger partial charge < -0.3 is 10.6 Å². The van der Waals surface area contributed by atoms with E-state index >= 15 is 0 Å². The molecule has 0 aliphatic heterocycles. The van der Waals surface area contributed by atoms with Crippen LogP contribution in [0.1, 0.15) is 10.4 Å². The van der Waals surface area contributed by atoms with Crippen LogP contribution >= 0.6 is 15.9 Å². The van der Waals surface area contributed by atoms with Gasteiger partial charge in [-0.15, -0.1) is 0 Å². The van der Waals surface area contributed by atoms with Crippen molar-refractivity contribution < 1.29 is 9.53 Å². The maximum absolute atomic E-state index is 11.1. The number of hydrogen-bond donors (Lipinski definition) is 1. The summed E-state index contributed by atoms with van der Waals surface area (Å²) < 4.78 is 5.49. The van der Waals surface area contributed by atoms with E-state index in [9.17, 15) is 9.59 Å². The number of pyridine rings is 1. The van der Waals surface area contributed by atoms with Crippen LogP contribution in [0.2, 0.25) is 0 Å². The highest BCUT2D eigenvalue weighted by molar-refractivity contribution is 9.10. The lowest BCUT2D eigenvalue weighted by atomic mass is 10.3. The Morgan fingerprint density at radius 3 is 2.77 bits per heavy atom. The van der Waals surface area contributed by atoms with Crippen molar-refractivity contribution >= 4 is 21.9 Å². The first-order chi connectivity index (χ1) is 6.06. The molecule has 0 unspecified atom stereocenters. The lowest BCUT2D eigenvalue weighted by molar-refractivity contribution is 0.0599. The van der Waals surface area contributed by atoms with Gasteiger partial charge in [-0.2, -0.15) is 0 Å². The quantitative estimate of drug-likeness (QED) is 0.564. The Morgan fingerprint density at radius 1 is 1.69 bits per heavy atom. The maximum Gasteiger partial charge on any atom is 0.339 e. The van der Waals surface area contributed by atoms with E-state index < -0.39 is 11.5 Å². The molecule has 0 saturated heterocycles. The number of rotatable bonds is 1. The van der Waals surface area contributed by atoms with Gasteiger partial charge in [0.2, 0.25) is 0 Å². The van der Waals surface area contributed by atoms with Gasteiger partial charge in [0, 0.05) is 6.20 Å². The number of carbonyl (C=O) groups excluding carboxylic acids is 1. The number of nitrogens with zero attached hydrogens (tertiary/aromatic N) is 1. The van der Waals surface area contributed by atoms with Crippen LogP contribution in [0.3, 0.4) is 0 Å². The van der Waals surface area contributed by atoms with Gasteiger partial charge in [-0.25, -0.2) is 9.47 Å². The van der Waals surface area contributed by atoms with Gasteiger partial charge >= 0.3 is 5.97 Å². The molecular weight excluding hydrogens is 240 g/mol. The number of nitrogen functional groups attached to an aromatic ring is 1. The Balaban J connectivity index is 3.29. The summed E-state index contributed by atoms with van der Waals surface area (Å²) in [6, 6.07) is 1.36. The van der Waals surface area contributed by atoms with Crippen LogP contribution in [0.15, 0.2) is 21.5 Å². The second-order valence-corrected chi connectivity index (χ2v) is 3.14. The summed E-state index contributed by atoms with van der Waals surface area (Å²) in [5.74, 6) is 4.74. The number of ether oxygens (including phenoxy) is 1. The minimum absolute atomic E-state index is 0.219. The zero-order valence-electron chi connectivity index (χ0n) is 6.78. The first-order valence-electron chi connectivity index (χ1n) is 3.32. The predicted molar refractivity (Wildman–Crippen MR) is 49.9 cm³/mol. The second kappa shape index (κ2) is 3.61. The lowest BCUT2D eigenvalue weighted by Crippen LogP contribution is -2.28. The molecule has 0 saturated carbocycles. The number of aromatic nitrogens is 1. The summed E-state index contributed by atoms with van der Waals surface area (Å²) in [5.41, 5.74) is -0.191. The highest BCUT2D eigenvalue weighted by Gasteiger charge is 2.09. The molecule has 0 amide bonds. The maximum atomic E-state index is 11.1. The largest absolute Gasteiger partial charge is 0.465 e. The van der Waals surface area contributed by atoms with Gasteiger partial charge in [-0.1, -0.05) is 0 Å². The molecule has 5 nitrogen and oxygen atoms in total. The van der Waals surface area contributed by atoms with E-state index in [4.69, 9.17) is 5.84 Å². The Morgan fingerprint density at radius 2 is 2.31 bits per heavy atom. The zero-order chi connectivity index (χ0) is 10.0. The van der Waals surface area contributed by atoms with E-state index in [0.717, 1.165) is 4.68 Å². The fraction of sp³-hybridized carbons (Fsp3) is 0.143. The minimum atomic E-state index is -0.542. The van der Waals surface area contributed by atoms with Crippen molar-refractivity contribution in [2.45, 2.75) is 0 Å². The topological polar surface area (TPSA) is 74.3 Å². The standard InChI is InChI=1S/C7H7BrN2O3/c1-13-7(12)4-2-5(8)6(11)10(9)3-4/h2-3H,9H2,1H3. The molecule has 0 fully saturated rings. The molecule has 0 atom stereocenters. The minimum Gasteiger partial charge on any atom is -0.465 e. The summed E-state index contributed by atoms with van der Waals surface area (Å²) in [7, 11) is 1.25. The Hall–Kier alpha value is -1.30. The van der Waals surface area contributed by atoms with Gasteiger partial charge in [0.1, 0.15) is 0 Å². The molecule has 0 bridgehead atoms. The number of esters is 1. The molecule has 1 heterocycles. The van der Waals surface area contributed by atoms with Crippen molar-refractivity contribution in [3.63, 3.8) is 0 Å². The summed E-state index contributed by atoms with van der Waals surface area (Å²) in [4.78, 5) is 22.1. The van der Waals surface area contributed by atoms with Crippen molar-refractivity contribution in [3.05, 3.63) is 32.7 Å². The normalized spacial score (nSPS) is 9.69. The third kappa shape index (κ3) is 1.89. The SMILES string of the molecule is COC(=O)c1cc(Br)c(=O)n(N)c1. The van der Waals surface area contributed by atoms with Crippen LogP contribution in [-0.4, -0.2) is 17.8 Å². The number of nitrogens with two attached hydrogens (primary N) is 1. The second-order valence-electron chi connectivity index (χ2n) is 2.28. The van der Waals surface area contributed by atoms with Gasteiger partial charge in [0.25, 0.3) is 5.56 Å². The van der Waals surface area contributed by atoms with E-state index in [0.29, 0.717) is 0 Å². The Labute approximate surface area is 82.2 Å². The van der Waals surface area contributed by atoms with Gasteiger partial charge in [-0.3, -0.25) is 4.79 Å². The molecule has 13 heavy (non-hydrogen) atoms. The molecule has 1 aromatic rings. The van der Waals surface area contributed by atoms with Crippen molar-refractivity contribution in [1.82, 2.24) is 4.68 Å². The van der Waals surface area contributed by atoms with Crippen LogP contribution in [0, 0.1) is 0 Å². The lowest BCUT2D eigenvalue weighted by Gasteiger charge is -2.02. The van der Waals surface area contributed by atoms with Gasteiger partial charge in [-0.05, 0) is 22.0 Å². The summed E-state index contributed by atoms with van der Waals surface area (Å²) in [5, 5.41) is 0. The predicted octanol–water partition coefficient (Wildman–Crippen LogP) is 0.111. The average Bonchev–Trinajstić information content (AvgIpc) is 2.12. The van der Waals surface area contributed by atoms with Crippen molar-refractivity contribution in [2.75, 3.05) is 13.0 Å². The number of methoxy groups -OCH3 is 1. The summed E-state index contributed by atoms with van der Waals surface area (Å²) in [6.07, 6.45) is 1.21. The first-order valence-corrected chi connectivity index (χ1v) is 4.11. The third-order valence-corrected chi connectivity index (χ3v) is 1.99. The molecule has 1 aromatic heterocycles. The van der Waals surface area contributed by atoms with Crippen LogP contribution in [0.4, 0.5) is 0 Å². The van der Waals surface area contributed by atoms with Crippen molar-refractivity contribution in [3.8, 4) is 0 Å². The summed E-state index contributed by atoms with van der Waals surface area (Å²) >= 11 is 2.97. The first kappa shape index (κ1) is 9.79. The van der Waals surface area contributed by atoms with E-state index in [1.807, 2.05) is 0 Å². The number of halogens is 1. The fourth-order valence-corrected chi connectivity index (χ4v) is 1.25. The van der Waals surface area contributed by atoms with Crippen molar-refractivity contribution in [2.24, 2.45) is 0 Å². The monoisotopic (exact) mass is 246 g/mol. The number of hydrogen-bond acceptors (Lipinski definition) is 4. The molecule has 1 rings (SSSR count). The van der Waals surface area contributed by atoms with Gasteiger partial charge in [0.15, 0.2) is 0 Å². The molecule has 0 spiro atoms. The molecule has 0 aliphatic rings. The Bertz CT molecular complexity index is 373. The molecule has 6 heteroatoms. The van der Waals surface area contributed by atoms with E-state index in [1.165, 1.54) is 19.4 Å². The molecule has 70 valence electrons. The fourth-order valence-electron chi connectivity index (χ4n) is 0.797. The third-order valence-electron chi connectivity index (χ3n) is 1.42. The number of carbonyl (C=O) groups is 1. The molecule has 0 aliphatic carbocycles. The molecular formula is C7H7BrN2O3. The van der Waals surface area contributed by atoms with Crippen LogP contribution < -0.4 is 11.4 Å². The van der Waals surface area contributed by atoms with Crippen molar-refractivity contribution in [1.29, 1.82) is 0 Å².